The van der Waals surface area contributed by atoms with Crippen LogP contribution < -0.4 is 4.74 Å². The first-order valence-electron chi connectivity index (χ1n) is 6.51. The molecule has 18 heavy (non-hydrogen) atoms. The van der Waals surface area contributed by atoms with Crippen LogP contribution in [0, 0.1) is 0 Å². The predicted molar refractivity (Wildman–Crippen MR) is 72.1 cm³/mol. The lowest BCUT2D eigenvalue weighted by Crippen LogP contribution is -2.20. The highest BCUT2D eigenvalue weighted by atomic mass is 16.5. The quantitative estimate of drug-likeness (QED) is 0.827. The summed E-state index contributed by atoms with van der Waals surface area (Å²) in [4.78, 5) is 6.69. The first-order valence-corrected chi connectivity index (χ1v) is 6.51. The van der Waals surface area contributed by atoms with Crippen LogP contribution in [0.5, 0.6) is 5.75 Å². The second-order valence-corrected chi connectivity index (χ2v) is 5.05. The summed E-state index contributed by atoms with van der Waals surface area (Å²) in [5.74, 6) is 1.01. The van der Waals surface area contributed by atoms with Crippen LogP contribution >= 0.6 is 0 Å². The van der Waals surface area contributed by atoms with Crippen LogP contribution in [0.2, 0.25) is 0 Å². The van der Waals surface area contributed by atoms with E-state index >= 15 is 0 Å². The van der Waals surface area contributed by atoms with Crippen LogP contribution in [0.1, 0.15) is 12.1 Å². The number of hydrogen-bond donors (Lipinski definition) is 0. The minimum absolute atomic E-state index is 0.816. The Morgan fingerprint density at radius 2 is 2.33 bits per heavy atom. The smallest absolute Gasteiger partial charge is 0.166 e. The summed E-state index contributed by atoms with van der Waals surface area (Å²) < 4.78 is 8.20. The molecule has 0 aromatic carbocycles. The Bertz CT molecular complexity index is 559. The first kappa shape index (κ1) is 11.5. The Labute approximate surface area is 107 Å². The Morgan fingerprint density at radius 3 is 3.17 bits per heavy atom. The van der Waals surface area contributed by atoms with Gasteiger partial charge in [0, 0.05) is 19.3 Å². The van der Waals surface area contributed by atoms with Crippen LogP contribution in [0.25, 0.3) is 11.0 Å². The topological polar surface area (TPSA) is 30.3 Å². The van der Waals surface area contributed by atoms with E-state index in [1.54, 1.807) is 0 Å². The molecule has 0 unspecified atom stereocenters. The van der Waals surface area contributed by atoms with Crippen LogP contribution in [0.15, 0.2) is 18.3 Å². The molecule has 3 heterocycles. The van der Waals surface area contributed by atoms with E-state index in [0.29, 0.717) is 0 Å². The summed E-state index contributed by atoms with van der Waals surface area (Å²) in [5.41, 5.74) is 3.54. The Kier molecular flexibility index (Phi) is 2.96. The van der Waals surface area contributed by atoms with Gasteiger partial charge in [0.25, 0.3) is 0 Å². The Hall–Kier alpha value is -1.55. The Morgan fingerprint density at radius 1 is 1.44 bits per heavy atom. The second-order valence-electron chi connectivity index (χ2n) is 5.05. The van der Waals surface area contributed by atoms with Crippen molar-refractivity contribution in [3.63, 3.8) is 0 Å². The molecule has 0 saturated carbocycles. The van der Waals surface area contributed by atoms with Gasteiger partial charge in [0.2, 0.25) is 0 Å². The predicted octanol–water partition coefficient (Wildman–Crippen LogP) is 1.92. The molecule has 0 fully saturated rings. The van der Waals surface area contributed by atoms with Crippen molar-refractivity contribution in [3.8, 4) is 5.75 Å². The number of fused-ring (bicyclic) bond motifs is 3. The van der Waals surface area contributed by atoms with Gasteiger partial charge in [-0.1, -0.05) is 0 Å². The normalized spacial score (nSPS) is 14.8. The summed E-state index contributed by atoms with van der Waals surface area (Å²) in [7, 11) is 4.21. The molecule has 0 saturated heterocycles. The molecular formula is C14H19N3O. The van der Waals surface area contributed by atoms with E-state index in [1.165, 1.54) is 11.2 Å². The third kappa shape index (κ3) is 1.86. The number of nitrogens with zero attached hydrogens (tertiary/aromatic N) is 3. The molecule has 3 rings (SSSR count). The van der Waals surface area contributed by atoms with E-state index in [9.17, 15) is 0 Å². The van der Waals surface area contributed by atoms with Crippen molar-refractivity contribution in [2.24, 2.45) is 0 Å². The molecular weight excluding hydrogens is 226 g/mol. The second kappa shape index (κ2) is 4.61. The van der Waals surface area contributed by atoms with Gasteiger partial charge in [-0.05, 0) is 39.1 Å². The van der Waals surface area contributed by atoms with E-state index in [4.69, 9.17) is 4.74 Å². The first-order chi connectivity index (χ1) is 8.77. The van der Waals surface area contributed by atoms with Gasteiger partial charge >= 0.3 is 0 Å². The fourth-order valence-corrected chi connectivity index (χ4v) is 2.56. The van der Waals surface area contributed by atoms with Crippen molar-refractivity contribution in [3.05, 3.63) is 24.0 Å². The maximum Gasteiger partial charge on any atom is 0.166 e. The molecule has 0 bridgehead atoms. The van der Waals surface area contributed by atoms with Crippen LogP contribution in [0.3, 0.4) is 0 Å². The van der Waals surface area contributed by atoms with E-state index in [2.05, 4.69) is 34.6 Å². The highest BCUT2D eigenvalue weighted by Crippen LogP contribution is 2.34. The fraction of sp³-hybridized carbons (Fsp3) is 0.500. The van der Waals surface area contributed by atoms with E-state index in [0.717, 1.165) is 43.8 Å². The third-order valence-electron chi connectivity index (χ3n) is 3.46. The minimum Gasteiger partial charge on any atom is -0.489 e. The zero-order valence-electron chi connectivity index (χ0n) is 11.0. The molecule has 0 aliphatic carbocycles. The van der Waals surface area contributed by atoms with Gasteiger partial charge in [0.1, 0.15) is 5.52 Å². The summed E-state index contributed by atoms with van der Waals surface area (Å²) >= 11 is 0. The van der Waals surface area contributed by atoms with Crippen molar-refractivity contribution in [2.45, 2.75) is 19.4 Å². The molecule has 0 atom stereocenters. The molecule has 0 amide bonds. The lowest BCUT2D eigenvalue weighted by Gasteiger charge is -2.18. The monoisotopic (exact) mass is 245 g/mol. The van der Waals surface area contributed by atoms with Crippen molar-refractivity contribution < 1.29 is 4.74 Å². The van der Waals surface area contributed by atoms with Crippen LogP contribution in [-0.4, -0.2) is 41.7 Å². The summed E-state index contributed by atoms with van der Waals surface area (Å²) in [6.07, 6.45) is 4.04. The van der Waals surface area contributed by atoms with Gasteiger partial charge in [-0.2, -0.15) is 0 Å². The highest BCUT2D eigenvalue weighted by molar-refractivity contribution is 5.84. The summed E-state index contributed by atoms with van der Waals surface area (Å²) in [6, 6.07) is 4.14. The van der Waals surface area contributed by atoms with E-state index in [-0.39, 0.29) is 0 Å². The zero-order valence-corrected chi connectivity index (χ0v) is 11.0. The van der Waals surface area contributed by atoms with Crippen LogP contribution in [0.4, 0.5) is 0 Å². The Balaban J connectivity index is 2.10. The number of ether oxygens (including phenoxy) is 1. The van der Waals surface area contributed by atoms with Gasteiger partial charge in [-0.25, -0.2) is 0 Å². The van der Waals surface area contributed by atoms with Crippen molar-refractivity contribution in [2.75, 3.05) is 27.2 Å². The number of rotatable bonds is 3. The van der Waals surface area contributed by atoms with Gasteiger partial charge in [-0.3, -0.25) is 4.98 Å². The highest BCUT2D eigenvalue weighted by Gasteiger charge is 2.21. The van der Waals surface area contributed by atoms with Gasteiger partial charge in [0.15, 0.2) is 5.75 Å². The van der Waals surface area contributed by atoms with E-state index < -0.39 is 0 Å². The van der Waals surface area contributed by atoms with Crippen molar-refractivity contribution >= 4 is 11.0 Å². The molecule has 0 N–H and O–H groups in total. The zero-order chi connectivity index (χ0) is 12.5. The molecule has 0 radical (unpaired) electrons. The van der Waals surface area contributed by atoms with Gasteiger partial charge in [0.05, 0.1) is 17.8 Å². The molecule has 0 spiro atoms. The molecule has 96 valence electrons. The maximum atomic E-state index is 5.83. The van der Waals surface area contributed by atoms with Crippen molar-refractivity contribution in [1.29, 1.82) is 0 Å². The third-order valence-corrected chi connectivity index (χ3v) is 3.46. The van der Waals surface area contributed by atoms with Gasteiger partial charge in [-0.15, -0.1) is 0 Å². The molecule has 4 heteroatoms. The maximum absolute atomic E-state index is 5.83. The fourth-order valence-electron chi connectivity index (χ4n) is 2.56. The molecule has 2 aromatic heterocycles. The standard InChI is InChI=1S/C14H19N3O/c1-16(2)8-9-17-11-5-3-7-15-13(11)14-12(17)6-4-10-18-14/h3,5,7H,4,6,8-10H2,1-2H3. The molecule has 1 aliphatic rings. The van der Waals surface area contributed by atoms with Gasteiger partial charge < -0.3 is 14.2 Å². The molecule has 1 aliphatic heterocycles. The van der Waals surface area contributed by atoms with Crippen molar-refractivity contribution in [1.82, 2.24) is 14.5 Å². The van der Waals surface area contributed by atoms with E-state index in [1.807, 2.05) is 12.3 Å². The SMILES string of the molecule is CN(C)CCn1c2c(c3ncccc31)OCCC2. The lowest BCUT2D eigenvalue weighted by atomic mass is 10.2. The molecule has 2 aromatic rings. The van der Waals surface area contributed by atoms with Crippen LogP contribution in [-0.2, 0) is 13.0 Å². The lowest BCUT2D eigenvalue weighted by molar-refractivity contribution is 0.284. The summed E-state index contributed by atoms with van der Waals surface area (Å²) in [6.45, 7) is 2.84. The number of aromatic nitrogens is 2. The minimum atomic E-state index is 0.816. The largest absolute Gasteiger partial charge is 0.489 e. The average molecular weight is 245 g/mol. The number of hydrogen-bond acceptors (Lipinski definition) is 3. The average Bonchev–Trinajstić information content (AvgIpc) is 2.71. The number of likely N-dealkylation sites (N-methyl/N-ethyl adjacent to an activating group) is 1. The summed E-state index contributed by atoms with van der Waals surface area (Å²) in [5, 5.41) is 0. The number of pyridine rings is 1. The molecule has 4 nitrogen and oxygen atoms in total.